The number of hydrogen-bond donors (Lipinski definition) is 3. The first-order chi connectivity index (χ1) is 8.35. The molecular weight excluding hydrogens is 222 g/mol. The summed E-state index contributed by atoms with van der Waals surface area (Å²) < 4.78 is 1.45. The molecule has 17 heavy (non-hydrogen) atoms. The SMILES string of the molecule is NNc1nc(NC2CC2)nc(-n2cncn2)n1. The van der Waals surface area contributed by atoms with E-state index in [1.807, 2.05) is 0 Å². The van der Waals surface area contributed by atoms with Crippen molar-refractivity contribution in [2.45, 2.75) is 18.9 Å². The molecule has 0 aromatic carbocycles. The van der Waals surface area contributed by atoms with Crippen molar-refractivity contribution >= 4 is 11.9 Å². The summed E-state index contributed by atoms with van der Waals surface area (Å²) in [5, 5.41) is 7.13. The summed E-state index contributed by atoms with van der Waals surface area (Å²) in [5.74, 6) is 6.45. The number of nitrogen functional groups attached to an aromatic ring is 1. The normalized spacial score (nSPS) is 14.6. The average molecular weight is 233 g/mol. The first-order valence-corrected chi connectivity index (χ1v) is 5.19. The summed E-state index contributed by atoms with van der Waals surface area (Å²) in [6.07, 6.45) is 5.19. The van der Waals surface area contributed by atoms with Crippen molar-refractivity contribution in [2.24, 2.45) is 5.84 Å². The molecule has 0 aliphatic heterocycles. The van der Waals surface area contributed by atoms with E-state index in [9.17, 15) is 0 Å². The molecule has 1 aliphatic rings. The van der Waals surface area contributed by atoms with E-state index in [2.05, 4.69) is 35.8 Å². The highest BCUT2D eigenvalue weighted by atomic mass is 15.4. The molecule has 0 radical (unpaired) electrons. The van der Waals surface area contributed by atoms with Crippen LogP contribution in [-0.4, -0.2) is 35.8 Å². The molecule has 0 saturated heterocycles. The van der Waals surface area contributed by atoms with Crippen LogP contribution >= 0.6 is 0 Å². The minimum absolute atomic E-state index is 0.286. The lowest BCUT2D eigenvalue weighted by Gasteiger charge is -2.06. The number of rotatable bonds is 4. The van der Waals surface area contributed by atoms with E-state index in [0.29, 0.717) is 17.9 Å². The van der Waals surface area contributed by atoms with E-state index in [-0.39, 0.29) is 5.95 Å². The van der Waals surface area contributed by atoms with Crippen LogP contribution in [0.2, 0.25) is 0 Å². The van der Waals surface area contributed by atoms with Crippen LogP contribution in [0.3, 0.4) is 0 Å². The standard InChI is InChI=1S/C8H11N9/c9-16-7-13-6(12-5-1-2-5)14-8(15-7)17-4-10-3-11-17/h3-5H,1-2,9H2,(H2,12,13,14,15,16). The third kappa shape index (κ3) is 2.13. The van der Waals surface area contributed by atoms with Gasteiger partial charge in [-0.2, -0.15) is 24.7 Å². The summed E-state index contributed by atoms with van der Waals surface area (Å²) in [6.45, 7) is 0. The van der Waals surface area contributed by atoms with Crippen molar-refractivity contribution in [2.75, 3.05) is 10.7 Å². The number of anilines is 2. The zero-order valence-electron chi connectivity index (χ0n) is 8.91. The molecule has 2 aromatic heterocycles. The Labute approximate surface area is 96.5 Å². The fraction of sp³-hybridized carbons (Fsp3) is 0.375. The maximum atomic E-state index is 5.31. The molecule has 88 valence electrons. The molecule has 0 amide bonds. The Morgan fingerprint density at radius 3 is 2.71 bits per heavy atom. The lowest BCUT2D eigenvalue weighted by atomic mass is 10.7. The lowest BCUT2D eigenvalue weighted by molar-refractivity contribution is 0.794. The summed E-state index contributed by atoms with van der Waals surface area (Å²) >= 11 is 0. The smallest absolute Gasteiger partial charge is 0.258 e. The number of hydrogen-bond acceptors (Lipinski definition) is 8. The van der Waals surface area contributed by atoms with Crippen LogP contribution in [0.4, 0.5) is 11.9 Å². The Morgan fingerprint density at radius 2 is 2.06 bits per heavy atom. The van der Waals surface area contributed by atoms with Gasteiger partial charge in [0.25, 0.3) is 5.95 Å². The summed E-state index contributed by atoms with van der Waals surface area (Å²) in [5.41, 5.74) is 2.40. The van der Waals surface area contributed by atoms with Gasteiger partial charge in [-0.15, -0.1) is 0 Å². The second kappa shape index (κ2) is 3.94. The highest BCUT2D eigenvalue weighted by Gasteiger charge is 2.22. The van der Waals surface area contributed by atoms with Gasteiger partial charge in [-0.3, -0.25) is 5.43 Å². The van der Waals surface area contributed by atoms with Gasteiger partial charge < -0.3 is 5.32 Å². The Morgan fingerprint density at radius 1 is 1.24 bits per heavy atom. The molecule has 0 bridgehead atoms. The molecule has 2 heterocycles. The van der Waals surface area contributed by atoms with Crippen LogP contribution in [0.5, 0.6) is 0 Å². The predicted molar refractivity (Wildman–Crippen MR) is 59.2 cm³/mol. The summed E-state index contributed by atoms with van der Waals surface area (Å²) in [4.78, 5) is 16.3. The van der Waals surface area contributed by atoms with Gasteiger partial charge in [0.2, 0.25) is 11.9 Å². The van der Waals surface area contributed by atoms with Gasteiger partial charge in [0.1, 0.15) is 12.7 Å². The minimum atomic E-state index is 0.286. The Balaban J connectivity index is 1.96. The topological polar surface area (TPSA) is 119 Å². The van der Waals surface area contributed by atoms with Crippen LogP contribution in [0.15, 0.2) is 12.7 Å². The molecule has 1 saturated carbocycles. The van der Waals surface area contributed by atoms with Gasteiger partial charge in [0.15, 0.2) is 0 Å². The highest BCUT2D eigenvalue weighted by Crippen LogP contribution is 2.23. The van der Waals surface area contributed by atoms with E-state index in [4.69, 9.17) is 5.84 Å². The quantitative estimate of drug-likeness (QED) is 0.469. The van der Waals surface area contributed by atoms with E-state index >= 15 is 0 Å². The van der Waals surface area contributed by atoms with Crippen molar-refractivity contribution in [3.8, 4) is 5.95 Å². The zero-order chi connectivity index (χ0) is 11.7. The fourth-order valence-corrected chi connectivity index (χ4v) is 1.32. The maximum Gasteiger partial charge on any atom is 0.258 e. The van der Waals surface area contributed by atoms with Crippen molar-refractivity contribution in [1.29, 1.82) is 0 Å². The molecule has 0 unspecified atom stereocenters. The van der Waals surface area contributed by atoms with E-state index in [1.54, 1.807) is 0 Å². The molecule has 0 atom stereocenters. The van der Waals surface area contributed by atoms with Crippen LogP contribution < -0.4 is 16.6 Å². The first-order valence-electron chi connectivity index (χ1n) is 5.19. The van der Waals surface area contributed by atoms with E-state index in [1.165, 1.54) is 17.3 Å². The van der Waals surface area contributed by atoms with Crippen LogP contribution in [0, 0.1) is 0 Å². The molecule has 1 aliphatic carbocycles. The van der Waals surface area contributed by atoms with Crippen molar-refractivity contribution in [1.82, 2.24) is 29.7 Å². The lowest BCUT2D eigenvalue weighted by Crippen LogP contribution is -2.16. The van der Waals surface area contributed by atoms with Gasteiger partial charge in [0, 0.05) is 6.04 Å². The fourth-order valence-electron chi connectivity index (χ4n) is 1.32. The molecule has 0 spiro atoms. The van der Waals surface area contributed by atoms with E-state index in [0.717, 1.165) is 12.8 Å². The summed E-state index contributed by atoms with van der Waals surface area (Å²) in [7, 11) is 0. The van der Waals surface area contributed by atoms with Crippen molar-refractivity contribution in [3.05, 3.63) is 12.7 Å². The monoisotopic (exact) mass is 233 g/mol. The van der Waals surface area contributed by atoms with E-state index < -0.39 is 0 Å². The van der Waals surface area contributed by atoms with Crippen molar-refractivity contribution in [3.63, 3.8) is 0 Å². The number of nitrogens with one attached hydrogen (secondary N) is 2. The molecule has 9 heteroatoms. The predicted octanol–water partition coefficient (Wildman–Crippen LogP) is -0.688. The molecule has 9 nitrogen and oxygen atoms in total. The second-order valence-electron chi connectivity index (χ2n) is 3.69. The third-order valence-corrected chi connectivity index (χ3v) is 2.29. The Hall–Kier alpha value is -2.29. The second-order valence-corrected chi connectivity index (χ2v) is 3.69. The van der Waals surface area contributed by atoms with Crippen LogP contribution in [-0.2, 0) is 0 Å². The Bertz CT molecular complexity index is 504. The largest absolute Gasteiger partial charge is 0.351 e. The van der Waals surface area contributed by atoms with Crippen LogP contribution in [0.1, 0.15) is 12.8 Å². The number of nitrogens with two attached hydrogens (primary N) is 1. The molecular formula is C8H11N9. The number of aromatic nitrogens is 6. The van der Waals surface area contributed by atoms with Gasteiger partial charge in [-0.25, -0.2) is 10.8 Å². The zero-order valence-corrected chi connectivity index (χ0v) is 8.91. The maximum absolute atomic E-state index is 5.31. The molecule has 1 fully saturated rings. The molecule has 4 N–H and O–H groups in total. The molecule has 2 aromatic rings. The van der Waals surface area contributed by atoms with Crippen LogP contribution in [0.25, 0.3) is 5.95 Å². The molecule has 3 rings (SSSR count). The van der Waals surface area contributed by atoms with Gasteiger partial charge in [-0.1, -0.05) is 0 Å². The highest BCUT2D eigenvalue weighted by molar-refractivity contribution is 5.38. The first kappa shape index (κ1) is 9.90. The van der Waals surface area contributed by atoms with Gasteiger partial charge >= 0.3 is 0 Å². The van der Waals surface area contributed by atoms with Gasteiger partial charge in [0.05, 0.1) is 0 Å². The van der Waals surface area contributed by atoms with Crippen molar-refractivity contribution < 1.29 is 0 Å². The number of hydrazine groups is 1. The average Bonchev–Trinajstić information content (AvgIpc) is 2.99. The van der Waals surface area contributed by atoms with Gasteiger partial charge in [-0.05, 0) is 12.8 Å². The Kier molecular flexibility index (Phi) is 2.29. The summed E-state index contributed by atoms with van der Waals surface area (Å²) in [6, 6.07) is 0.451. The minimum Gasteiger partial charge on any atom is -0.351 e. The number of nitrogens with zero attached hydrogens (tertiary/aromatic N) is 6. The third-order valence-electron chi connectivity index (χ3n) is 2.29.